The normalized spacial score (nSPS) is 20.8. The van der Waals surface area contributed by atoms with Crippen LogP contribution in [0.1, 0.15) is 68.2 Å². The molecule has 11 heteroatoms. The molecule has 2 aliphatic heterocycles. The van der Waals surface area contributed by atoms with Crippen LogP contribution in [0.25, 0.3) is 0 Å². The molecule has 3 aromatic carbocycles. The number of ether oxygens (including phenoxy) is 2. The Kier molecular flexibility index (Phi) is 11.1. The Morgan fingerprint density at radius 3 is 2.38 bits per heavy atom. The van der Waals surface area contributed by atoms with E-state index in [0.717, 1.165) is 35.1 Å². The van der Waals surface area contributed by atoms with Gasteiger partial charge in [-0.3, -0.25) is 19.7 Å². The van der Waals surface area contributed by atoms with Gasteiger partial charge < -0.3 is 24.4 Å². The number of carbonyl (C=O) groups is 3. The van der Waals surface area contributed by atoms with Crippen molar-refractivity contribution < 1.29 is 29.0 Å². The van der Waals surface area contributed by atoms with E-state index >= 15 is 4.79 Å². The summed E-state index contributed by atoms with van der Waals surface area (Å²) in [6.45, 7) is 8.31. The van der Waals surface area contributed by atoms with Crippen LogP contribution in [-0.2, 0) is 26.5 Å². The molecule has 2 amide bonds. The summed E-state index contributed by atoms with van der Waals surface area (Å²) in [5, 5.41) is 14.6. The Morgan fingerprint density at radius 1 is 1.00 bits per heavy atom. The summed E-state index contributed by atoms with van der Waals surface area (Å²) in [4.78, 5) is 44.7. The summed E-state index contributed by atoms with van der Waals surface area (Å²) in [5.41, 5.74) is 1.68. The molecule has 0 radical (unpaired) electrons. The minimum atomic E-state index is -1.10. The van der Waals surface area contributed by atoms with E-state index in [-0.39, 0.29) is 49.9 Å². The van der Waals surface area contributed by atoms with E-state index in [4.69, 9.17) is 32.7 Å². The van der Waals surface area contributed by atoms with Gasteiger partial charge in [-0.2, -0.15) is 0 Å². The Hall–Kier alpha value is -4.23. The number of aryl methyl sites for hydroxylation is 2. The van der Waals surface area contributed by atoms with Crippen molar-refractivity contribution in [2.24, 2.45) is 5.41 Å². The average Bonchev–Trinajstić information content (AvgIpc) is 3.96. The van der Waals surface area contributed by atoms with Crippen molar-refractivity contribution in [3.8, 4) is 23.3 Å². The average molecular weight is 747 g/mol. The Labute approximate surface area is 315 Å². The van der Waals surface area contributed by atoms with E-state index in [9.17, 15) is 14.7 Å². The van der Waals surface area contributed by atoms with Crippen molar-refractivity contribution in [3.05, 3.63) is 93.0 Å². The van der Waals surface area contributed by atoms with Crippen LogP contribution in [0.2, 0.25) is 10.0 Å². The highest BCUT2D eigenvalue weighted by Crippen LogP contribution is 2.42. The second-order valence-corrected chi connectivity index (χ2v) is 15.5. The molecule has 9 nitrogen and oxygen atoms in total. The molecular weight excluding hydrogens is 701 g/mol. The fraction of sp³-hybridized carbons (Fsp3) is 0.439. The largest absolute Gasteiger partial charge is 0.490 e. The highest BCUT2D eigenvalue weighted by Gasteiger charge is 2.56. The van der Waals surface area contributed by atoms with Crippen LogP contribution >= 0.6 is 23.2 Å². The number of fused-ring (bicyclic) bond motifs is 2. The van der Waals surface area contributed by atoms with Crippen molar-refractivity contribution in [1.29, 1.82) is 0 Å². The minimum absolute atomic E-state index is 0.0184. The van der Waals surface area contributed by atoms with Crippen LogP contribution < -0.4 is 14.8 Å². The van der Waals surface area contributed by atoms with E-state index in [1.165, 1.54) is 0 Å². The fourth-order valence-electron chi connectivity index (χ4n) is 6.92. The van der Waals surface area contributed by atoms with Gasteiger partial charge in [0.25, 0.3) is 0 Å². The molecule has 52 heavy (non-hydrogen) atoms. The van der Waals surface area contributed by atoms with Crippen molar-refractivity contribution in [1.82, 2.24) is 15.1 Å². The number of benzene rings is 3. The van der Waals surface area contributed by atoms with E-state index in [0.29, 0.717) is 41.1 Å². The number of rotatable bonds is 14. The molecule has 6 rings (SSSR count). The lowest BCUT2D eigenvalue weighted by Crippen LogP contribution is -2.73. The molecule has 3 aliphatic rings. The number of nitrogens with zero attached hydrogens (tertiary/aromatic N) is 2. The third-order valence-corrected chi connectivity index (χ3v) is 11.1. The number of piperazine rings is 1. The number of aliphatic carboxylic acids is 1. The fourth-order valence-corrected chi connectivity index (χ4v) is 7.38. The molecule has 0 aromatic heterocycles. The number of carboxylic acid groups (broad SMARTS) is 1. The topological polar surface area (TPSA) is 108 Å². The number of halogens is 2. The molecule has 3 atom stereocenters. The number of hydrogen-bond acceptors (Lipinski definition) is 6. The molecule has 2 bridgehead atoms. The van der Waals surface area contributed by atoms with Gasteiger partial charge in [0, 0.05) is 37.0 Å². The lowest BCUT2D eigenvalue weighted by molar-refractivity contribution is -0.156. The summed E-state index contributed by atoms with van der Waals surface area (Å²) in [5.74, 6) is 6.30. The summed E-state index contributed by atoms with van der Waals surface area (Å²) < 4.78 is 11.9. The third-order valence-electron chi connectivity index (χ3n) is 10.4. The van der Waals surface area contributed by atoms with Gasteiger partial charge in [-0.05, 0) is 99.5 Å². The third kappa shape index (κ3) is 8.05. The van der Waals surface area contributed by atoms with Crippen molar-refractivity contribution in [3.63, 3.8) is 0 Å². The van der Waals surface area contributed by atoms with Gasteiger partial charge in [-0.25, -0.2) is 0 Å². The monoisotopic (exact) mass is 745 g/mol. The maximum absolute atomic E-state index is 15.1. The number of nitrogens with one attached hydrogen (secondary N) is 1. The first-order chi connectivity index (χ1) is 24.8. The molecule has 0 spiro atoms. The number of amides is 2. The maximum Gasteiger partial charge on any atom is 0.309 e. The predicted octanol–water partition coefficient (Wildman–Crippen LogP) is 6.92. The second-order valence-electron chi connectivity index (χ2n) is 14.7. The summed E-state index contributed by atoms with van der Waals surface area (Å²) in [6, 6.07) is 17.5. The standard InChI is InChI=1S/C41H45Cl2N3O6/c1-26-22-34(43)35(23-27(26)2)52-21-20-51-32-15-11-29(12-16-32)41-18-7-9-30(44-41)25-46(36(47)17-19-40(3,4)39(49)50)37(41)38(48)45(31-13-14-31)24-28-8-5-6-10-33(28)42/h5-6,8,10-12,15-16,22-23,30-31,37,44H,13-14,17-21,24-25H2,1-4H3,(H,49,50)/t30-,37?,41+/m0/s1. The van der Waals surface area contributed by atoms with Gasteiger partial charge in [0.05, 0.1) is 22.0 Å². The first kappa shape index (κ1) is 37.5. The SMILES string of the molecule is Cc1cc(Cl)c(OCCOc2ccc([C@]34CC#C[C@@H](CN(C(=O)CCC(C)(C)C(=O)O)C3C(=O)N(Cc3ccccc3Cl)C3CC3)N4)cc2)cc1C. The summed E-state index contributed by atoms with van der Waals surface area (Å²) in [6.07, 6.45) is 2.12. The van der Waals surface area contributed by atoms with Crippen molar-refractivity contribution in [2.75, 3.05) is 19.8 Å². The zero-order valence-electron chi connectivity index (χ0n) is 30.0. The molecule has 2 heterocycles. The number of hydrogen-bond donors (Lipinski definition) is 2. The van der Waals surface area contributed by atoms with E-state index < -0.39 is 23.0 Å². The second kappa shape index (κ2) is 15.4. The maximum atomic E-state index is 15.1. The Bertz CT molecular complexity index is 1900. The van der Waals surface area contributed by atoms with Crippen LogP contribution in [-0.4, -0.2) is 70.6 Å². The van der Waals surface area contributed by atoms with Crippen molar-refractivity contribution in [2.45, 2.75) is 90.0 Å². The smallest absolute Gasteiger partial charge is 0.309 e. The summed E-state index contributed by atoms with van der Waals surface area (Å²) in [7, 11) is 0. The Morgan fingerprint density at radius 2 is 1.69 bits per heavy atom. The molecule has 3 aromatic rings. The molecule has 2 N–H and O–H groups in total. The highest BCUT2D eigenvalue weighted by molar-refractivity contribution is 6.32. The molecule has 1 saturated heterocycles. The zero-order valence-corrected chi connectivity index (χ0v) is 31.5. The molecule has 274 valence electrons. The van der Waals surface area contributed by atoms with Crippen LogP contribution in [0.3, 0.4) is 0 Å². The van der Waals surface area contributed by atoms with Crippen LogP contribution in [0.4, 0.5) is 0 Å². The number of carboxylic acids is 1. The molecule has 1 unspecified atom stereocenters. The zero-order chi connectivity index (χ0) is 37.2. The highest BCUT2D eigenvalue weighted by atomic mass is 35.5. The van der Waals surface area contributed by atoms with Crippen molar-refractivity contribution >= 4 is 41.0 Å². The molecule has 2 fully saturated rings. The molecular formula is C41H45Cl2N3O6. The lowest BCUT2D eigenvalue weighted by atomic mass is 9.74. The predicted molar refractivity (Wildman–Crippen MR) is 201 cm³/mol. The van der Waals surface area contributed by atoms with Gasteiger partial charge in [0.15, 0.2) is 0 Å². The van der Waals surface area contributed by atoms with Gasteiger partial charge in [0.2, 0.25) is 11.8 Å². The van der Waals surface area contributed by atoms with E-state index in [2.05, 4.69) is 17.2 Å². The van der Waals surface area contributed by atoms with Gasteiger partial charge in [0.1, 0.15) is 30.8 Å². The Balaban J connectivity index is 1.28. The van der Waals surface area contributed by atoms with E-state index in [1.54, 1.807) is 18.7 Å². The van der Waals surface area contributed by atoms with Crippen LogP contribution in [0.5, 0.6) is 11.5 Å². The lowest BCUT2D eigenvalue weighted by Gasteiger charge is -2.53. The first-order valence-electron chi connectivity index (χ1n) is 17.7. The first-order valence-corrected chi connectivity index (χ1v) is 18.5. The van der Waals surface area contributed by atoms with Gasteiger partial charge >= 0.3 is 5.97 Å². The molecule has 1 saturated carbocycles. The quantitative estimate of drug-likeness (QED) is 0.136. The van der Waals surface area contributed by atoms with Gasteiger partial charge in [-0.15, -0.1) is 0 Å². The van der Waals surface area contributed by atoms with Crippen LogP contribution in [0.15, 0.2) is 60.7 Å². The molecule has 1 aliphatic carbocycles. The summed E-state index contributed by atoms with van der Waals surface area (Å²) >= 11 is 13.0. The minimum Gasteiger partial charge on any atom is -0.490 e. The van der Waals surface area contributed by atoms with E-state index in [1.807, 2.05) is 79.4 Å². The number of carbonyl (C=O) groups excluding carboxylic acids is 2. The van der Waals surface area contributed by atoms with Gasteiger partial charge in [-0.1, -0.05) is 65.4 Å². The van der Waals surface area contributed by atoms with Crippen LogP contribution in [0, 0.1) is 31.1 Å².